The molecule has 0 atom stereocenters. The topological polar surface area (TPSA) is 115 Å². The van der Waals surface area contributed by atoms with Gasteiger partial charge in [-0.2, -0.15) is 8.42 Å². The molecule has 1 aliphatic heterocycles. The van der Waals surface area contributed by atoms with Crippen molar-refractivity contribution in [1.29, 1.82) is 0 Å². The molecule has 0 amide bonds. The van der Waals surface area contributed by atoms with E-state index in [1.54, 1.807) is 0 Å². The van der Waals surface area contributed by atoms with E-state index in [0.717, 1.165) is 26.2 Å². The van der Waals surface area contributed by atoms with Gasteiger partial charge in [0.2, 0.25) is 0 Å². The van der Waals surface area contributed by atoms with Crippen LogP contribution in [-0.2, 0) is 33.6 Å². The van der Waals surface area contributed by atoms with Gasteiger partial charge < -0.3 is 5.11 Å². The molecule has 1 saturated heterocycles. The Balaban J connectivity index is 0.000000873. The fourth-order valence-electron chi connectivity index (χ4n) is 1.62. The van der Waals surface area contributed by atoms with E-state index in [1.807, 2.05) is 4.90 Å². The van der Waals surface area contributed by atoms with Gasteiger partial charge in [0.25, 0.3) is 10.1 Å². The summed E-state index contributed by atoms with van der Waals surface area (Å²) in [6.45, 7) is 4.46. The van der Waals surface area contributed by atoms with Gasteiger partial charge in [0, 0.05) is 39.3 Å². The molecule has 0 aromatic rings. The average molecular weight is 321 g/mol. The quantitative estimate of drug-likeness (QED) is 0.573. The van der Waals surface area contributed by atoms with E-state index in [2.05, 4.69) is 4.90 Å². The Labute approximate surface area is 113 Å². The maximum absolute atomic E-state index is 10.5. The predicted octanol–water partition coefficient (Wildman–Crippen LogP) is -1.76. The number of aliphatic hydroxyl groups is 1. The summed E-state index contributed by atoms with van der Waals surface area (Å²) >= 11 is -1.81. The molecule has 0 unspecified atom stereocenters. The van der Waals surface area contributed by atoms with Gasteiger partial charge >= 0.3 is 23.5 Å². The van der Waals surface area contributed by atoms with Gasteiger partial charge in [-0.25, -0.2) is 0 Å². The molecular formula is C8H18N2O6SV. The summed E-state index contributed by atoms with van der Waals surface area (Å²) < 4.78 is 46.6. The summed E-state index contributed by atoms with van der Waals surface area (Å²) in [5, 5.41) is 8.73. The maximum atomic E-state index is 10.5. The van der Waals surface area contributed by atoms with Crippen molar-refractivity contribution in [3.63, 3.8) is 0 Å². The van der Waals surface area contributed by atoms with Gasteiger partial charge in [-0.3, -0.25) is 14.4 Å². The zero-order valence-electron chi connectivity index (χ0n) is 9.93. The monoisotopic (exact) mass is 321 g/mol. The van der Waals surface area contributed by atoms with Crippen molar-refractivity contribution in [1.82, 2.24) is 9.80 Å². The first-order chi connectivity index (χ1) is 8.42. The zero-order chi connectivity index (χ0) is 14.0. The minimum atomic E-state index is -3.84. The second-order valence-electron chi connectivity index (χ2n) is 3.77. The third kappa shape index (κ3) is 9.95. The molecule has 1 rings (SSSR count). The third-order valence-corrected chi connectivity index (χ3v) is 3.25. The number of rotatable bonds is 5. The molecule has 0 spiro atoms. The molecule has 1 aliphatic rings. The number of hydrogen-bond donors (Lipinski definition) is 2. The van der Waals surface area contributed by atoms with Crippen molar-refractivity contribution < 1.29 is 41.6 Å². The van der Waals surface area contributed by atoms with Gasteiger partial charge in [0.1, 0.15) is 0 Å². The normalized spacial score (nSPS) is 17.7. The van der Waals surface area contributed by atoms with Gasteiger partial charge in [-0.1, -0.05) is 0 Å². The van der Waals surface area contributed by atoms with E-state index in [9.17, 15) is 8.42 Å². The first-order valence-electron chi connectivity index (χ1n) is 5.38. The van der Waals surface area contributed by atoms with Crippen LogP contribution in [0.1, 0.15) is 0 Å². The van der Waals surface area contributed by atoms with Crippen molar-refractivity contribution in [3.05, 3.63) is 0 Å². The molecule has 1 heterocycles. The minimum absolute atomic E-state index is 0.158. The number of piperazine rings is 1. The van der Waals surface area contributed by atoms with Crippen LogP contribution in [0.5, 0.6) is 0 Å². The Morgan fingerprint density at radius 1 is 1.00 bits per heavy atom. The molecule has 1 fully saturated rings. The second-order valence-corrected chi connectivity index (χ2v) is 5.57. The zero-order valence-corrected chi connectivity index (χ0v) is 12.1. The molecule has 0 aromatic heterocycles. The fourth-order valence-corrected chi connectivity index (χ4v) is 2.11. The van der Waals surface area contributed by atoms with Crippen molar-refractivity contribution in [2.75, 3.05) is 51.6 Å². The number of nitrogens with zero attached hydrogens (tertiary/aromatic N) is 2. The van der Waals surface area contributed by atoms with Crippen molar-refractivity contribution in [2.45, 2.75) is 0 Å². The van der Waals surface area contributed by atoms with E-state index in [1.165, 1.54) is 0 Å². The van der Waals surface area contributed by atoms with Crippen LogP contribution in [0.3, 0.4) is 0 Å². The van der Waals surface area contributed by atoms with E-state index in [-0.39, 0.29) is 12.4 Å². The van der Waals surface area contributed by atoms with Crippen molar-refractivity contribution in [3.8, 4) is 0 Å². The molecule has 0 radical (unpaired) electrons. The predicted molar refractivity (Wildman–Crippen MR) is 57.8 cm³/mol. The Bertz CT molecular complexity index is 349. The Morgan fingerprint density at radius 2 is 1.39 bits per heavy atom. The Morgan fingerprint density at radius 3 is 1.72 bits per heavy atom. The van der Waals surface area contributed by atoms with Crippen LogP contribution in [0.2, 0.25) is 0 Å². The summed E-state index contributed by atoms with van der Waals surface area (Å²) in [5.41, 5.74) is 0. The van der Waals surface area contributed by atoms with E-state index < -0.39 is 26.3 Å². The summed E-state index contributed by atoms with van der Waals surface area (Å²) in [5.74, 6) is -0.201. The summed E-state index contributed by atoms with van der Waals surface area (Å²) in [6.07, 6.45) is 0. The molecule has 0 saturated carbocycles. The number of hydrogen-bond acceptors (Lipinski definition) is 7. The van der Waals surface area contributed by atoms with Gasteiger partial charge in [0.15, 0.2) is 0 Å². The molecule has 0 aliphatic carbocycles. The van der Waals surface area contributed by atoms with E-state index in [4.69, 9.17) is 17.0 Å². The first-order valence-corrected chi connectivity index (χ1v) is 8.13. The van der Waals surface area contributed by atoms with Crippen LogP contribution in [0.25, 0.3) is 0 Å². The molecule has 10 heteroatoms. The molecule has 18 heavy (non-hydrogen) atoms. The molecule has 0 aromatic carbocycles. The summed E-state index contributed by atoms with van der Waals surface area (Å²) in [7, 11) is -3.84. The van der Waals surface area contributed by atoms with Crippen LogP contribution in [0.4, 0.5) is 0 Å². The molecule has 0 bridgehead atoms. The van der Waals surface area contributed by atoms with Crippen LogP contribution >= 0.6 is 0 Å². The van der Waals surface area contributed by atoms with Gasteiger partial charge in [0.05, 0.1) is 12.4 Å². The van der Waals surface area contributed by atoms with Crippen LogP contribution < -0.4 is 0 Å². The third-order valence-electron chi connectivity index (χ3n) is 2.55. The van der Waals surface area contributed by atoms with Crippen LogP contribution in [0.15, 0.2) is 0 Å². The van der Waals surface area contributed by atoms with Crippen LogP contribution in [-0.4, -0.2) is 79.5 Å². The van der Waals surface area contributed by atoms with Gasteiger partial charge in [-0.15, -0.1) is 0 Å². The first kappa shape index (κ1) is 18.0. The SMILES string of the molecule is O=S(=O)(O)CCN1CCN(CCO)CC1.[O]=[V]=[O]. The van der Waals surface area contributed by atoms with Crippen molar-refractivity contribution in [2.24, 2.45) is 0 Å². The molecular weight excluding hydrogens is 303 g/mol. The number of aliphatic hydroxyl groups excluding tert-OH is 1. The molecule has 107 valence electrons. The molecule has 8 nitrogen and oxygen atoms in total. The van der Waals surface area contributed by atoms with Crippen molar-refractivity contribution >= 4 is 10.1 Å². The Hall–Kier alpha value is -0.0256. The number of β-amino-alcohol motifs (C(OH)–C–C–N with tert-alkyl or cyclic N) is 1. The second kappa shape index (κ2) is 9.85. The molecule has 2 N–H and O–H groups in total. The van der Waals surface area contributed by atoms with Crippen LogP contribution in [0, 0.1) is 0 Å². The van der Waals surface area contributed by atoms with Gasteiger partial charge in [-0.05, 0) is 0 Å². The average Bonchev–Trinajstić information content (AvgIpc) is 2.29. The summed E-state index contributed by atoms with van der Waals surface area (Å²) in [6, 6.07) is 0. The summed E-state index contributed by atoms with van der Waals surface area (Å²) in [4.78, 5) is 4.13. The van der Waals surface area contributed by atoms with E-state index in [0.29, 0.717) is 13.1 Å². The standard InChI is InChI=1S/C8H18N2O4S.2O.V/c11-7-5-9-1-3-10(4-2-9)6-8-15(12,13)14;;;/h11H,1-8H2,(H,12,13,14);;;. The van der Waals surface area contributed by atoms with E-state index >= 15 is 0 Å². The Kier molecular flexibility index (Phi) is 9.83. The fraction of sp³-hybridized carbons (Fsp3) is 1.00.